The van der Waals surface area contributed by atoms with Crippen LogP contribution in [0.15, 0.2) is 18.2 Å². The van der Waals surface area contributed by atoms with Gasteiger partial charge in [-0.2, -0.15) is 0 Å². The summed E-state index contributed by atoms with van der Waals surface area (Å²) >= 11 is 0. The van der Waals surface area contributed by atoms with Crippen LogP contribution in [0.1, 0.15) is 10.4 Å². The molecule has 1 unspecified atom stereocenters. The third-order valence-electron chi connectivity index (χ3n) is 2.22. The van der Waals surface area contributed by atoms with Gasteiger partial charge in [0.25, 0.3) is 5.91 Å². The fraction of sp³-hybridized carbons (Fsp3) is 0.273. The van der Waals surface area contributed by atoms with Crippen LogP contribution in [0.2, 0.25) is 0 Å². The Morgan fingerprint density at radius 3 is 2.72 bits per heavy atom. The topological polar surface area (TPSA) is 102 Å². The van der Waals surface area contributed by atoms with Crippen LogP contribution in [0.5, 0.6) is 0 Å². The average Bonchev–Trinajstić information content (AvgIpc) is 2.27. The number of hydrogen-bond donors (Lipinski definition) is 3. The van der Waals surface area contributed by atoms with Crippen molar-refractivity contribution in [1.29, 1.82) is 0 Å². The first-order valence-corrected chi connectivity index (χ1v) is 5.04. The smallest absolute Gasteiger partial charge is 0.328 e. The molecule has 0 saturated heterocycles. The SMILES string of the molecule is COCC(Nc1cccc(F)c1C(N)=O)C(=O)O. The van der Waals surface area contributed by atoms with Gasteiger partial charge in [0.1, 0.15) is 11.9 Å². The number of halogens is 1. The predicted octanol–water partition coefficient (Wildman–Crippen LogP) is 0.436. The van der Waals surface area contributed by atoms with Crippen molar-refractivity contribution < 1.29 is 23.8 Å². The average molecular weight is 256 g/mol. The maximum absolute atomic E-state index is 13.4. The second-order valence-corrected chi connectivity index (χ2v) is 3.52. The van der Waals surface area contributed by atoms with Gasteiger partial charge in [-0.05, 0) is 12.1 Å². The van der Waals surface area contributed by atoms with Crippen LogP contribution in [0, 0.1) is 5.82 Å². The third kappa shape index (κ3) is 3.17. The van der Waals surface area contributed by atoms with E-state index < -0.39 is 23.7 Å². The summed E-state index contributed by atoms with van der Waals surface area (Å²) < 4.78 is 18.1. The number of hydrogen-bond acceptors (Lipinski definition) is 4. The number of methoxy groups -OCH3 is 1. The molecule has 7 heteroatoms. The van der Waals surface area contributed by atoms with Crippen LogP contribution in [0.4, 0.5) is 10.1 Å². The number of amides is 1. The highest BCUT2D eigenvalue weighted by molar-refractivity contribution is 5.99. The summed E-state index contributed by atoms with van der Waals surface area (Å²) in [6.07, 6.45) is 0. The van der Waals surface area contributed by atoms with Crippen molar-refractivity contribution in [2.45, 2.75) is 6.04 Å². The lowest BCUT2D eigenvalue weighted by molar-refractivity contribution is -0.139. The Hall–Kier alpha value is -2.15. The molecule has 1 aromatic rings. The minimum absolute atomic E-state index is 0.0203. The number of carbonyl (C=O) groups excluding carboxylic acids is 1. The van der Waals surface area contributed by atoms with E-state index in [1.165, 1.54) is 19.2 Å². The van der Waals surface area contributed by atoms with E-state index in [1.807, 2.05) is 0 Å². The Bertz CT molecular complexity index is 464. The Morgan fingerprint density at radius 2 is 2.22 bits per heavy atom. The molecule has 0 bridgehead atoms. The third-order valence-corrected chi connectivity index (χ3v) is 2.22. The van der Waals surface area contributed by atoms with Crippen molar-refractivity contribution in [3.8, 4) is 0 Å². The summed E-state index contributed by atoms with van der Waals surface area (Å²) in [6.45, 7) is -0.135. The second-order valence-electron chi connectivity index (χ2n) is 3.52. The number of aliphatic carboxylic acids is 1. The number of primary amides is 1. The first kappa shape index (κ1) is 13.9. The van der Waals surface area contributed by atoms with Gasteiger partial charge >= 0.3 is 5.97 Å². The number of carboxylic acids is 1. The van der Waals surface area contributed by atoms with Crippen molar-refractivity contribution in [3.05, 3.63) is 29.6 Å². The van der Waals surface area contributed by atoms with Gasteiger partial charge in [0.2, 0.25) is 0 Å². The molecule has 0 heterocycles. The highest BCUT2D eigenvalue weighted by Gasteiger charge is 2.21. The molecule has 1 atom stereocenters. The lowest BCUT2D eigenvalue weighted by atomic mass is 10.1. The zero-order chi connectivity index (χ0) is 13.7. The summed E-state index contributed by atoms with van der Waals surface area (Å²) in [4.78, 5) is 22.0. The first-order chi connectivity index (χ1) is 8.47. The summed E-state index contributed by atoms with van der Waals surface area (Å²) in [5.74, 6) is -2.97. The predicted molar refractivity (Wildman–Crippen MR) is 61.8 cm³/mol. The molecule has 1 amide bonds. The standard InChI is InChI=1S/C11H13FN2O4/c1-18-5-8(11(16)17)14-7-4-2-3-6(12)9(7)10(13)15/h2-4,8,14H,5H2,1H3,(H2,13,15)(H,16,17). The number of ether oxygens (including phenoxy) is 1. The molecule has 0 saturated carbocycles. The van der Waals surface area contributed by atoms with Gasteiger partial charge < -0.3 is 20.9 Å². The summed E-state index contributed by atoms with van der Waals surface area (Å²) in [7, 11) is 1.33. The molecule has 4 N–H and O–H groups in total. The van der Waals surface area contributed by atoms with Gasteiger partial charge in [-0.25, -0.2) is 9.18 Å². The molecule has 0 radical (unpaired) electrons. The van der Waals surface area contributed by atoms with E-state index in [2.05, 4.69) is 5.32 Å². The van der Waals surface area contributed by atoms with Gasteiger partial charge in [-0.15, -0.1) is 0 Å². The van der Waals surface area contributed by atoms with Crippen molar-refractivity contribution >= 4 is 17.6 Å². The zero-order valence-corrected chi connectivity index (χ0v) is 9.64. The van der Waals surface area contributed by atoms with Gasteiger partial charge in [0, 0.05) is 7.11 Å². The van der Waals surface area contributed by atoms with E-state index >= 15 is 0 Å². The molecule has 0 fully saturated rings. The van der Waals surface area contributed by atoms with Gasteiger partial charge in [-0.3, -0.25) is 4.79 Å². The largest absolute Gasteiger partial charge is 0.480 e. The monoisotopic (exact) mass is 256 g/mol. The summed E-state index contributed by atoms with van der Waals surface area (Å²) in [5.41, 5.74) is 4.69. The molecule has 6 nitrogen and oxygen atoms in total. The lowest BCUT2D eigenvalue weighted by Gasteiger charge is -2.16. The Kier molecular flexibility index (Phi) is 4.61. The lowest BCUT2D eigenvalue weighted by Crippen LogP contribution is -2.34. The van der Waals surface area contributed by atoms with Gasteiger partial charge in [-0.1, -0.05) is 6.07 Å². The molecule has 1 rings (SSSR count). The Labute approximate surface area is 103 Å². The highest BCUT2D eigenvalue weighted by Crippen LogP contribution is 2.19. The number of nitrogens with one attached hydrogen (secondary N) is 1. The fourth-order valence-electron chi connectivity index (χ4n) is 1.42. The van der Waals surface area contributed by atoms with E-state index in [9.17, 15) is 14.0 Å². The molecule has 0 aliphatic heterocycles. The van der Waals surface area contributed by atoms with Crippen LogP contribution < -0.4 is 11.1 Å². The van der Waals surface area contributed by atoms with Crippen molar-refractivity contribution in [2.24, 2.45) is 5.73 Å². The molecule has 0 spiro atoms. The molecular weight excluding hydrogens is 243 g/mol. The number of carbonyl (C=O) groups is 2. The summed E-state index contributed by atoms with van der Waals surface area (Å²) in [6, 6.07) is 2.68. The number of anilines is 1. The van der Waals surface area contributed by atoms with Crippen LogP contribution in [0.25, 0.3) is 0 Å². The highest BCUT2D eigenvalue weighted by atomic mass is 19.1. The van der Waals surface area contributed by atoms with E-state index in [1.54, 1.807) is 0 Å². The molecule has 0 aliphatic carbocycles. The zero-order valence-electron chi connectivity index (χ0n) is 9.64. The van der Waals surface area contributed by atoms with Gasteiger partial charge in [0.15, 0.2) is 0 Å². The Balaban J connectivity index is 3.06. The van der Waals surface area contributed by atoms with Crippen LogP contribution >= 0.6 is 0 Å². The first-order valence-electron chi connectivity index (χ1n) is 5.04. The second kappa shape index (κ2) is 5.97. The Morgan fingerprint density at radius 1 is 1.56 bits per heavy atom. The van der Waals surface area contributed by atoms with Crippen LogP contribution in [-0.2, 0) is 9.53 Å². The van der Waals surface area contributed by atoms with Crippen LogP contribution in [0.3, 0.4) is 0 Å². The van der Waals surface area contributed by atoms with Crippen molar-refractivity contribution in [2.75, 3.05) is 19.0 Å². The normalized spacial score (nSPS) is 11.9. The molecular formula is C11H13FN2O4. The van der Waals surface area contributed by atoms with Crippen molar-refractivity contribution in [1.82, 2.24) is 0 Å². The fourth-order valence-corrected chi connectivity index (χ4v) is 1.42. The maximum atomic E-state index is 13.4. The van der Waals surface area contributed by atoms with Crippen LogP contribution in [-0.4, -0.2) is 36.7 Å². The van der Waals surface area contributed by atoms with E-state index in [0.717, 1.165) is 6.07 Å². The van der Waals surface area contributed by atoms with E-state index in [0.29, 0.717) is 0 Å². The van der Waals surface area contributed by atoms with Gasteiger partial charge in [0.05, 0.1) is 17.9 Å². The molecule has 18 heavy (non-hydrogen) atoms. The number of benzene rings is 1. The molecule has 1 aromatic carbocycles. The number of carboxylic acid groups (broad SMARTS) is 1. The van der Waals surface area contributed by atoms with Crippen molar-refractivity contribution in [3.63, 3.8) is 0 Å². The quantitative estimate of drug-likeness (QED) is 0.685. The van der Waals surface area contributed by atoms with E-state index in [4.69, 9.17) is 15.6 Å². The van der Waals surface area contributed by atoms with E-state index in [-0.39, 0.29) is 17.9 Å². The minimum atomic E-state index is -1.18. The maximum Gasteiger partial charge on any atom is 0.328 e. The summed E-state index contributed by atoms with van der Waals surface area (Å²) in [5, 5.41) is 11.4. The molecule has 0 aromatic heterocycles. The molecule has 0 aliphatic rings. The molecule has 98 valence electrons. The number of nitrogens with two attached hydrogens (primary N) is 1. The minimum Gasteiger partial charge on any atom is -0.480 e. The number of rotatable bonds is 6.